The minimum atomic E-state index is -3.68. The lowest BCUT2D eigenvalue weighted by Crippen LogP contribution is -2.18. The maximum atomic E-state index is 13.1. The van der Waals surface area contributed by atoms with Crippen molar-refractivity contribution in [2.24, 2.45) is 0 Å². The Hall–Kier alpha value is -4.19. The number of hydrogen-bond acceptors (Lipinski definition) is 6. The van der Waals surface area contributed by atoms with E-state index >= 15 is 0 Å². The lowest BCUT2D eigenvalue weighted by molar-refractivity contribution is 0.383. The zero-order valence-corrected chi connectivity index (χ0v) is 20.9. The third-order valence-corrected chi connectivity index (χ3v) is 8.29. The van der Waals surface area contributed by atoms with Crippen molar-refractivity contribution in [1.82, 2.24) is 18.8 Å². The molecule has 1 N–H and O–H groups in total. The summed E-state index contributed by atoms with van der Waals surface area (Å²) in [6.07, 6.45) is 5.63. The first-order valence-electron chi connectivity index (χ1n) is 12.2. The summed E-state index contributed by atoms with van der Waals surface area (Å²) in [5.41, 5.74) is 3.15. The third kappa shape index (κ3) is 4.67. The van der Waals surface area contributed by atoms with Crippen molar-refractivity contribution in [3.8, 4) is 11.8 Å². The second kappa shape index (κ2) is 9.69. The van der Waals surface area contributed by atoms with Crippen LogP contribution in [0, 0.1) is 11.8 Å². The largest absolute Gasteiger partial charge is 0.340 e. The maximum Gasteiger partial charge on any atom is 0.268 e. The Morgan fingerprint density at radius 3 is 2.59 bits per heavy atom. The van der Waals surface area contributed by atoms with Gasteiger partial charge in [-0.15, -0.1) is 0 Å². The summed E-state index contributed by atoms with van der Waals surface area (Å²) in [5.74, 6) is 7.23. The van der Waals surface area contributed by atoms with Crippen LogP contribution in [0.3, 0.4) is 0 Å². The molecule has 1 fully saturated rings. The monoisotopic (exact) mass is 507 g/mol. The fraction of sp³-hybridized carbons (Fsp3) is 0.172. The number of benzene rings is 3. The molecule has 0 aliphatic carbocycles. The second-order valence-electron chi connectivity index (χ2n) is 9.07. The highest BCUT2D eigenvalue weighted by Gasteiger charge is 2.18. The van der Waals surface area contributed by atoms with Crippen molar-refractivity contribution >= 4 is 43.3 Å². The summed E-state index contributed by atoms with van der Waals surface area (Å²) >= 11 is 0. The molecule has 2 aromatic heterocycles. The fourth-order valence-corrected chi connectivity index (χ4v) is 6.05. The molecule has 0 radical (unpaired) electrons. The van der Waals surface area contributed by atoms with Gasteiger partial charge in [0, 0.05) is 28.2 Å². The zero-order chi connectivity index (χ0) is 25.2. The van der Waals surface area contributed by atoms with Crippen molar-refractivity contribution in [1.29, 1.82) is 0 Å². The zero-order valence-electron chi connectivity index (χ0n) is 20.1. The van der Waals surface area contributed by atoms with Gasteiger partial charge >= 0.3 is 0 Å². The smallest absolute Gasteiger partial charge is 0.268 e. The number of anilines is 2. The van der Waals surface area contributed by atoms with Crippen molar-refractivity contribution in [2.45, 2.75) is 17.7 Å². The van der Waals surface area contributed by atoms with Crippen LogP contribution in [0.5, 0.6) is 0 Å². The molecule has 0 bridgehead atoms. The van der Waals surface area contributed by atoms with E-state index < -0.39 is 10.0 Å². The predicted molar refractivity (Wildman–Crippen MR) is 146 cm³/mol. The van der Waals surface area contributed by atoms with Crippen LogP contribution in [-0.4, -0.2) is 46.9 Å². The number of hydrogen-bond donors (Lipinski definition) is 1. The Bertz CT molecular complexity index is 1760. The molecular weight excluding hydrogens is 482 g/mol. The first-order chi connectivity index (χ1) is 18.1. The summed E-state index contributed by atoms with van der Waals surface area (Å²) in [4.78, 5) is 11.5. The van der Waals surface area contributed by atoms with Gasteiger partial charge in [-0.3, -0.25) is 4.90 Å². The highest BCUT2D eigenvalue weighted by molar-refractivity contribution is 7.90. The molecule has 1 aliphatic rings. The Morgan fingerprint density at radius 1 is 0.919 bits per heavy atom. The first-order valence-corrected chi connectivity index (χ1v) is 13.7. The highest BCUT2D eigenvalue weighted by atomic mass is 32.2. The van der Waals surface area contributed by atoms with Crippen LogP contribution < -0.4 is 5.32 Å². The first kappa shape index (κ1) is 23.2. The Balaban J connectivity index is 1.29. The van der Waals surface area contributed by atoms with Gasteiger partial charge in [-0.1, -0.05) is 30.0 Å². The van der Waals surface area contributed by atoms with E-state index in [-0.39, 0.29) is 4.90 Å². The minimum absolute atomic E-state index is 0.251. The molecule has 6 rings (SSSR count). The summed E-state index contributed by atoms with van der Waals surface area (Å²) in [7, 11) is -3.68. The van der Waals surface area contributed by atoms with E-state index in [2.05, 4.69) is 32.0 Å². The van der Waals surface area contributed by atoms with Gasteiger partial charge in [0.15, 0.2) is 0 Å². The minimum Gasteiger partial charge on any atom is -0.340 e. The van der Waals surface area contributed by atoms with Crippen LogP contribution in [0.15, 0.2) is 90.2 Å². The molecule has 184 valence electrons. The van der Waals surface area contributed by atoms with Gasteiger partial charge in [0.1, 0.15) is 12.1 Å². The number of aromatic nitrogens is 3. The Kier molecular flexibility index (Phi) is 6.08. The van der Waals surface area contributed by atoms with Gasteiger partial charge in [0.25, 0.3) is 10.0 Å². The lowest BCUT2D eigenvalue weighted by atomic mass is 10.1. The van der Waals surface area contributed by atoms with Gasteiger partial charge in [0.05, 0.1) is 22.5 Å². The van der Waals surface area contributed by atoms with Crippen molar-refractivity contribution in [3.05, 3.63) is 90.9 Å². The van der Waals surface area contributed by atoms with E-state index in [1.165, 1.54) is 23.1 Å². The van der Waals surface area contributed by atoms with E-state index in [1.54, 1.807) is 48.7 Å². The molecule has 8 heteroatoms. The molecule has 0 atom stereocenters. The Morgan fingerprint density at radius 2 is 1.76 bits per heavy atom. The SMILES string of the molecule is O=S(=O)(c1ccccc1)n1ccc2cc(Nc3ncnc4ccc(C#CCN5CCCC5)cc34)ccc21. The standard InChI is InChI=1S/C29H25N5O2S/c35-37(36,25-8-2-1-3-9-25)34-18-14-23-20-24(11-13-28(23)34)32-29-26-19-22(10-12-27(26)30-21-31-29)7-6-17-33-15-4-5-16-33/h1-3,8-14,18-21H,4-5,15-17H2,(H,30,31,32). The number of nitrogens with one attached hydrogen (secondary N) is 1. The molecule has 1 aliphatic heterocycles. The molecule has 0 saturated carbocycles. The van der Waals surface area contributed by atoms with E-state index in [0.717, 1.165) is 47.2 Å². The van der Waals surface area contributed by atoms with Crippen molar-refractivity contribution in [3.63, 3.8) is 0 Å². The Labute approximate surface area is 215 Å². The van der Waals surface area contributed by atoms with Crippen LogP contribution in [0.1, 0.15) is 18.4 Å². The molecule has 7 nitrogen and oxygen atoms in total. The fourth-order valence-electron chi connectivity index (χ4n) is 4.68. The van der Waals surface area contributed by atoms with Crippen LogP contribution >= 0.6 is 0 Å². The summed E-state index contributed by atoms with van der Waals surface area (Å²) < 4.78 is 27.6. The molecular formula is C29H25N5O2S. The van der Waals surface area contributed by atoms with Gasteiger partial charge in [-0.05, 0) is 80.5 Å². The molecule has 3 aromatic carbocycles. The second-order valence-corrected chi connectivity index (χ2v) is 10.9. The lowest BCUT2D eigenvalue weighted by Gasteiger charge is -2.10. The van der Waals surface area contributed by atoms with Crippen LogP contribution in [0.2, 0.25) is 0 Å². The van der Waals surface area contributed by atoms with Gasteiger partial charge < -0.3 is 5.32 Å². The maximum absolute atomic E-state index is 13.1. The third-order valence-electron chi connectivity index (χ3n) is 6.59. The number of fused-ring (bicyclic) bond motifs is 2. The highest BCUT2D eigenvalue weighted by Crippen LogP contribution is 2.28. The van der Waals surface area contributed by atoms with Gasteiger partial charge in [-0.25, -0.2) is 22.4 Å². The average molecular weight is 508 g/mol. The summed E-state index contributed by atoms with van der Waals surface area (Å²) in [6, 6.07) is 21.8. The normalized spacial score (nSPS) is 14.1. The van der Waals surface area contributed by atoms with E-state index in [4.69, 9.17) is 0 Å². The quantitative estimate of drug-likeness (QED) is 0.337. The number of nitrogens with zero attached hydrogens (tertiary/aromatic N) is 4. The van der Waals surface area contributed by atoms with Crippen LogP contribution in [0.4, 0.5) is 11.5 Å². The predicted octanol–water partition coefficient (Wildman–Crippen LogP) is 5.01. The topological polar surface area (TPSA) is 80.1 Å². The molecule has 0 amide bonds. The molecule has 5 aromatic rings. The van der Waals surface area contributed by atoms with Gasteiger partial charge in [0.2, 0.25) is 0 Å². The van der Waals surface area contributed by atoms with E-state index in [9.17, 15) is 8.42 Å². The van der Waals surface area contributed by atoms with Crippen LogP contribution in [-0.2, 0) is 10.0 Å². The van der Waals surface area contributed by atoms with Crippen molar-refractivity contribution in [2.75, 3.05) is 25.0 Å². The van der Waals surface area contributed by atoms with Crippen LogP contribution in [0.25, 0.3) is 21.8 Å². The molecule has 0 spiro atoms. The molecule has 37 heavy (non-hydrogen) atoms. The number of rotatable bonds is 5. The molecule has 0 unspecified atom stereocenters. The summed E-state index contributed by atoms with van der Waals surface area (Å²) in [5, 5.41) is 5.06. The summed E-state index contributed by atoms with van der Waals surface area (Å²) in [6.45, 7) is 3.04. The molecule has 3 heterocycles. The number of likely N-dealkylation sites (tertiary alicyclic amines) is 1. The van der Waals surface area contributed by atoms with Gasteiger partial charge in [-0.2, -0.15) is 0 Å². The van der Waals surface area contributed by atoms with Crippen molar-refractivity contribution < 1.29 is 8.42 Å². The molecule has 1 saturated heterocycles. The average Bonchev–Trinajstić information content (AvgIpc) is 3.60. The van der Waals surface area contributed by atoms with E-state index in [1.807, 2.05) is 30.3 Å². The van der Waals surface area contributed by atoms with E-state index in [0.29, 0.717) is 11.3 Å².